The van der Waals surface area contributed by atoms with E-state index in [9.17, 15) is 9.59 Å². The fraction of sp³-hybridized carbons (Fsp3) is 0.529. The molecule has 0 saturated heterocycles. The lowest BCUT2D eigenvalue weighted by molar-refractivity contribution is -0.147. The Morgan fingerprint density at radius 1 is 1.15 bits per heavy atom. The van der Waals surface area contributed by atoms with Crippen molar-refractivity contribution in [1.82, 2.24) is 0 Å². The molecule has 0 amide bonds. The molecule has 3 nitrogen and oxygen atoms in total. The van der Waals surface area contributed by atoms with Gasteiger partial charge in [-0.1, -0.05) is 57.5 Å². The lowest BCUT2D eigenvalue weighted by Gasteiger charge is -2.17. The van der Waals surface area contributed by atoms with Crippen LogP contribution in [0.2, 0.25) is 0 Å². The second-order valence-electron chi connectivity index (χ2n) is 5.43. The fourth-order valence-electron chi connectivity index (χ4n) is 2.00. The minimum absolute atomic E-state index is 0.138. The Morgan fingerprint density at radius 2 is 1.80 bits per heavy atom. The molecule has 1 unspecified atom stereocenters. The molecule has 1 aromatic carbocycles. The van der Waals surface area contributed by atoms with Crippen LogP contribution in [0.5, 0.6) is 0 Å². The fourth-order valence-corrected chi connectivity index (χ4v) is 2.00. The Balaban J connectivity index is 2.78. The highest BCUT2D eigenvalue weighted by molar-refractivity contribution is 6.08. The second kappa shape index (κ2) is 8.51. The molecule has 0 heterocycles. The maximum Gasteiger partial charge on any atom is 0.316 e. The first kappa shape index (κ1) is 16.4. The number of hydrogen-bond acceptors (Lipinski definition) is 3. The zero-order valence-corrected chi connectivity index (χ0v) is 12.6. The van der Waals surface area contributed by atoms with Gasteiger partial charge in [-0.25, -0.2) is 0 Å². The van der Waals surface area contributed by atoms with Crippen molar-refractivity contribution in [3.05, 3.63) is 35.9 Å². The third-order valence-corrected chi connectivity index (χ3v) is 3.11. The standard InChI is InChI=1S/C17H24O3/c1-4-5-11-20-17(19)15(12-13(2)3)16(18)14-9-7-6-8-10-14/h6-10,13,15H,4-5,11-12H2,1-3H3. The van der Waals surface area contributed by atoms with E-state index < -0.39 is 5.92 Å². The molecule has 0 aromatic heterocycles. The number of benzene rings is 1. The van der Waals surface area contributed by atoms with E-state index >= 15 is 0 Å². The van der Waals surface area contributed by atoms with E-state index in [2.05, 4.69) is 0 Å². The summed E-state index contributed by atoms with van der Waals surface area (Å²) in [6.07, 6.45) is 2.33. The molecule has 20 heavy (non-hydrogen) atoms. The zero-order chi connectivity index (χ0) is 15.0. The number of esters is 1. The molecule has 0 bridgehead atoms. The van der Waals surface area contributed by atoms with Crippen LogP contribution in [0.1, 0.15) is 50.4 Å². The van der Waals surface area contributed by atoms with Crippen molar-refractivity contribution in [2.24, 2.45) is 11.8 Å². The summed E-state index contributed by atoms with van der Waals surface area (Å²) >= 11 is 0. The van der Waals surface area contributed by atoms with Gasteiger partial charge >= 0.3 is 5.97 Å². The summed E-state index contributed by atoms with van der Waals surface area (Å²) in [5, 5.41) is 0. The normalized spacial score (nSPS) is 12.2. The molecule has 1 aromatic rings. The van der Waals surface area contributed by atoms with Gasteiger partial charge in [0.05, 0.1) is 6.61 Å². The molecule has 0 radical (unpaired) electrons. The SMILES string of the molecule is CCCCOC(=O)C(CC(C)C)C(=O)c1ccccc1. The number of unbranched alkanes of at least 4 members (excludes halogenated alkanes) is 1. The molecule has 0 aliphatic rings. The lowest BCUT2D eigenvalue weighted by atomic mass is 9.90. The van der Waals surface area contributed by atoms with E-state index in [0.29, 0.717) is 18.6 Å². The number of ether oxygens (including phenoxy) is 1. The Labute approximate surface area is 121 Å². The summed E-state index contributed by atoms with van der Waals surface area (Å²) < 4.78 is 5.23. The summed E-state index contributed by atoms with van der Waals surface area (Å²) in [6.45, 7) is 6.44. The molecule has 0 saturated carbocycles. The largest absolute Gasteiger partial charge is 0.465 e. The lowest BCUT2D eigenvalue weighted by Crippen LogP contribution is -2.28. The number of carbonyl (C=O) groups is 2. The number of hydrogen-bond donors (Lipinski definition) is 0. The van der Waals surface area contributed by atoms with Crippen LogP contribution >= 0.6 is 0 Å². The van der Waals surface area contributed by atoms with E-state index in [0.717, 1.165) is 12.8 Å². The molecule has 0 aliphatic heterocycles. The van der Waals surface area contributed by atoms with E-state index in [-0.39, 0.29) is 17.7 Å². The van der Waals surface area contributed by atoms with Crippen molar-refractivity contribution >= 4 is 11.8 Å². The molecular weight excluding hydrogens is 252 g/mol. The minimum Gasteiger partial charge on any atom is -0.465 e. The highest BCUT2D eigenvalue weighted by atomic mass is 16.5. The van der Waals surface area contributed by atoms with Crippen molar-refractivity contribution in [2.45, 2.75) is 40.0 Å². The average molecular weight is 276 g/mol. The van der Waals surface area contributed by atoms with Gasteiger partial charge < -0.3 is 4.74 Å². The third-order valence-electron chi connectivity index (χ3n) is 3.11. The molecule has 0 fully saturated rings. The first-order valence-electron chi connectivity index (χ1n) is 7.32. The zero-order valence-electron chi connectivity index (χ0n) is 12.6. The number of ketones is 1. The molecule has 110 valence electrons. The van der Waals surface area contributed by atoms with Crippen LogP contribution in [0, 0.1) is 11.8 Å². The Bertz CT molecular complexity index is 423. The van der Waals surface area contributed by atoms with E-state index in [1.807, 2.05) is 39.0 Å². The van der Waals surface area contributed by atoms with Gasteiger partial charge in [-0.2, -0.15) is 0 Å². The Kier molecular flexibility index (Phi) is 6.99. The van der Waals surface area contributed by atoms with Crippen LogP contribution in [-0.4, -0.2) is 18.4 Å². The summed E-state index contributed by atoms with van der Waals surface area (Å²) in [4.78, 5) is 24.6. The molecule has 3 heteroatoms. The minimum atomic E-state index is -0.686. The summed E-state index contributed by atoms with van der Waals surface area (Å²) in [5.41, 5.74) is 0.575. The van der Waals surface area contributed by atoms with Crippen LogP contribution < -0.4 is 0 Å². The van der Waals surface area contributed by atoms with Gasteiger partial charge in [0.1, 0.15) is 5.92 Å². The highest BCUT2D eigenvalue weighted by Crippen LogP contribution is 2.19. The average Bonchev–Trinajstić information content (AvgIpc) is 2.45. The maximum atomic E-state index is 12.5. The second-order valence-corrected chi connectivity index (χ2v) is 5.43. The van der Waals surface area contributed by atoms with Gasteiger partial charge in [0.2, 0.25) is 0 Å². The van der Waals surface area contributed by atoms with Crippen LogP contribution in [0.25, 0.3) is 0 Å². The van der Waals surface area contributed by atoms with Crippen LogP contribution in [0.15, 0.2) is 30.3 Å². The first-order valence-corrected chi connectivity index (χ1v) is 7.32. The molecular formula is C17H24O3. The molecule has 0 spiro atoms. The number of rotatable bonds is 8. The molecule has 1 atom stereocenters. The predicted molar refractivity (Wildman–Crippen MR) is 79.6 cm³/mol. The van der Waals surface area contributed by atoms with Crippen LogP contribution in [0.3, 0.4) is 0 Å². The Morgan fingerprint density at radius 3 is 2.35 bits per heavy atom. The van der Waals surface area contributed by atoms with Gasteiger partial charge in [-0.05, 0) is 18.8 Å². The van der Waals surface area contributed by atoms with E-state index in [4.69, 9.17) is 4.74 Å². The Hall–Kier alpha value is -1.64. The van der Waals surface area contributed by atoms with Gasteiger partial charge in [0.25, 0.3) is 0 Å². The maximum absolute atomic E-state index is 12.5. The predicted octanol–water partition coefficient (Wildman–Crippen LogP) is 3.87. The van der Waals surface area contributed by atoms with Crippen LogP contribution in [-0.2, 0) is 9.53 Å². The van der Waals surface area contributed by atoms with Gasteiger partial charge in [0, 0.05) is 5.56 Å². The summed E-state index contributed by atoms with van der Waals surface area (Å²) in [6, 6.07) is 8.96. The van der Waals surface area contributed by atoms with Crippen molar-refractivity contribution in [3.63, 3.8) is 0 Å². The van der Waals surface area contributed by atoms with Gasteiger partial charge in [0.15, 0.2) is 5.78 Å². The molecule has 0 aliphatic carbocycles. The smallest absolute Gasteiger partial charge is 0.316 e. The number of Topliss-reactive ketones (excluding diaryl/α,β-unsaturated/α-hetero) is 1. The van der Waals surface area contributed by atoms with E-state index in [1.165, 1.54) is 0 Å². The van der Waals surface area contributed by atoms with Gasteiger partial charge in [-0.3, -0.25) is 9.59 Å². The topological polar surface area (TPSA) is 43.4 Å². The molecule has 0 N–H and O–H groups in total. The summed E-state index contributed by atoms with van der Waals surface area (Å²) in [7, 11) is 0. The van der Waals surface area contributed by atoms with Gasteiger partial charge in [-0.15, -0.1) is 0 Å². The third kappa shape index (κ3) is 5.16. The van der Waals surface area contributed by atoms with Crippen molar-refractivity contribution in [2.75, 3.05) is 6.61 Å². The highest BCUT2D eigenvalue weighted by Gasteiger charge is 2.29. The van der Waals surface area contributed by atoms with Crippen molar-refractivity contribution < 1.29 is 14.3 Å². The monoisotopic (exact) mass is 276 g/mol. The summed E-state index contributed by atoms with van der Waals surface area (Å²) in [5.74, 6) is -0.942. The van der Waals surface area contributed by atoms with Crippen molar-refractivity contribution in [1.29, 1.82) is 0 Å². The quantitative estimate of drug-likeness (QED) is 0.313. The van der Waals surface area contributed by atoms with Crippen molar-refractivity contribution in [3.8, 4) is 0 Å². The molecule has 1 rings (SSSR count). The first-order chi connectivity index (χ1) is 9.56. The number of carbonyl (C=O) groups excluding carboxylic acids is 2. The van der Waals surface area contributed by atoms with E-state index in [1.54, 1.807) is 12.1 Å². The van der Waals surface area contributed by atoms with Crippen LogP contribution in [0.4, 0.5) is 0 Å².